The summed E-state index contributed by atoms with van der Waals surface area (Å²) in [6, 6.07) is 16.9. The van der Waals surface area contributed by atoms with Crippen LogP contribution in [0.5, 0.6) is 0 Å². The summed E-state index contributed by atoms with van der Waals surface area (Å²) >= 11 is 4.87. The minimum atomic E-state index is 0.919. The van der Waals surface area contributed by atoms with Crippen LogP contribution in [0.1, 0.15) is 5.56 Å². The summed E-state index contributed by atoms with van der Waals surface area (Å²) in [6.45, 7) is 2.18. The first-order valence-corrected chi connectivity index (χ1v) is 10.6. The Bertz CT molecular complexity index is 1190. The van der Waals surface area contributed by atoms with Gasteiger partial charge in [0.2, 0.25) is 0 Å². The van der Waals surface area contributed by atoms with Crippen LogP contribution in [-0.2, 0) is 0 Å². The molecule has 0 amide bonds. The van der Waals surface area contributed by atoms with Crippen LogP contribution in [0.15, 0.2) is 59.3 Å². The number of benzene rings is 2. The van der Waals surface area contributed by atoms with Crippen molar-refractivity contribution in [1.82, 2.24) is 14.6 Å². The van der Waals surface area contributed by atoms with Crippen LogP contribution in [0, 0.1) is 6.92 Å². The summed E-state index contributed by atoms with van der Waals surface area (Å²) < 4.78 is 5.24. The first kappa shape index (κ1) is 15.8. The van der Waals surface area contributed by atoms with Crippen LogP contribution in [0.25, 0.3) is 42.5 Å². The zero-order chi connectivity index (χ0) is 17.5. The van der Waals surface area contributed by atoms with E-state index in [2.05, 4.69) is 70.4 Å². The highest BCUT2D eigenvalue weighted by molar-refractivity contribution is 7.22. The molecule has 3 aromatic heterocycles. The molecule has 26 heavy (non-hydrogen) atoms. The molecule has 5 aromatic rings. The highest BCUT2D eigenvalue weighted by Gasteiger charge is 2.14. The lowest BCUT2D eigenvalue weighted by Gasteiger charge is -1.99. The number of aromatic nitrogens is 3. The molecule has 0 saturated carbocycles. The fraction of sp³-hybridized carbons (Fsp3) is 0.0500. The highest BCUT2D eigenvalue weighted by Crippen LogP contribution is 2.39. The summed E-state index contributed by atoms with van der Waals surface area (Å²) in [6.07, 6.45) is 0. The third-order valence-electron chi connectivity index (χ3n) is 4.37. The van der Waals surface area contributed by atoms with E-state index in [1.807, 2.05) is 16.7 Å². The van der Waals surface area contributed by atoms with Gasteiger partial charge < -0.3 is 0 Å². The van der Waals surface area contributed by atoms with E-state index in [-0.39, 0.29) is 0 Å². The third kappa shape index (κ3) is 2.67. The Labute approximate surface area is 162 Å². The van der Waals surface area contributed by atoms with Gasteiger partial charge in [0.15, 0.2) is 0 Å². The van der Waals surface area contributed by atoms with Crippen molar-refractivity contribution in [1.29, 1.82) is 0 Å². The minimum absolute atomic E-state index is 0.919. The van der Waals surface area contributed by atoms with Crippen molar-refractivity contribution in [3.8, 4) is 32.4 Å². The van der Waals surface area contributed by atoms with Gasteiger partial charge in [0.05, 0.1) is 10.6 Å². The highest BCUT2D eigenvalue weighted by atomic mass is 32.1. The number of thiazole rings is 1. The number of rotatable bonds is 3. The van der Waals surface area contributed by atoms with Gasteiger partial charge in [0.1, 0.15) is 10.7 Å². The first-order chi connectivity index (χ1) is 12.8. The Hall–Kier alpha value is -2.41. The molecule has 5 rings (SSSR count). The minimum Gasteiger partial charge on any atom is -0.235 e. The van der Waals surface area contributed by atoms with Crippen LogP contribution in [0.4, 0.5) is 0 Å². The van der Waals surface area contributed by atoms with E-state index < -0.39 is 0 Å². The molecule has 2 aromatic carbocycles. The number of fused-ring (bicyclic) bond motifs is 1. The Morgan fingerprint density at radius 1 is 0.846 bits per heavy atom. The predicted molar refractivity (Wildman–Crippen MR) is 112 cm³/mol. The average Bonchev–Trinajstić information content (AvgIpc) is 3.43. The fourth-order valence-corrected chi connectivity index (χ4v) is 5.53. The van der Waals surface area contributed by atoms with Gasteiger partial charge >= 0.3 is 0 Å². The standard InChI is InChI=1S/C20H13N3S3/c1-12-15-4-2-3-5-18(15)26-19(12)17-10-24-20(21-17)14-8-6-13(7-9-14)16-11-25-23-22-16/h2-11H,1H3. The van der Waals surface area contributed by atoms with E-state index >= 15 is 0 Å². The molecule has 0 aliphatic heterocycles. The molecule has 3 heterocycles. The van der Waals surface area contributed by atoms with E-state index in [1.165, 1.54) is 32.1 Å². The molecular weight excluding hydrogens is 378 g/mol. The average molecular weight is 392 g/mol. The molecule has 0 radical (unpaired) electrons. The second-order valence-corrected chi connectivity index (χ2v) is 8.48. The van der Waals surface area contributed by atoms with Gasteiger partial charge in [-0.25, -0.2) is 4.98 Å². The number of aryl methyl sites for hydroxylation is 1. The molecule has 0 spiro atoms. The number of hydrogen-bond donors (Lipinski definition) is 0. The van der Waals surface area contributed by atoms with Crippen LogP contribution in [0.3, 0.4) is 0 Å². The van der Waals surface area contributed by atoms with E-state index in [0.29, 0.717) is 0 Å². The molecule has 0 N–H and O–H groups in total. The maximum Gasteiger partial charge on any atom is 0.124 e. The zero-order valence-corrected chi connectivity index (χ0v) is 16.3. The number of hydrogen-bond acceptors (Lipinski definition) is 6. The van der Waals surface area contributed by atoms with Gasteiger partial charge in [-0.15, -0.1) is 27.8 Å². The van der Waals surface area contributed by atoms with Crippen molar-refractivity contribution < 1.29 is 0 Å². The summed E-state index contributed by atoms with van der Waals surface area (Å²) in [4.78, 5) is 6.17. The Morgan fingerprint density at radius 3 is 2.42 bits per heavy atom. The molecule has 126 valence electrons. The molecule has 0 unspecified atom stereocenters. The number of nitrogens with zero attached hydrogens (tertiary/aromatic N) is 3. The van der Waals surface area contributed by atoms with Gasteiger partial charge in [-0.2, -0.15) is 0 Å². The topological polar surface area (TPSA) is 38.7 Å². The second-order valence-electron chi connectivity index (χ2n) is 5.96. The van der Waals surface area contributed by atoms with Gasteiger partial charge in [-0.1, -0.05) is 47.0 Å². The smallest absolute Gasteiger partial charge is 0.124 e. The van der Waals surface area contributed by atoms with Gasteiger partial charge in [0.25, 0.3) is 0 Å². The van der Waals surface area contributed by atoms with Crippen molar-refractivity contribution in [2.75, 3.05) is 0 Å². The van der Waals surface area contributed by atoms with E-state index in [0.717, 1.165) is 27.5 Å². The predicted octanol–water partition coefficient (Wildman–Crippen LogP) is 6.52. The molecule has 3 nitrogen and oxygen atoms in total. The quantitative estimate of drug-likeness (QED) is 0.351. The van der Waals surface area contributed by atoms with Crippen LogP contribution >= 0.6 is 34.2 Å². The zero-order valence-electron chi connectivity index (χ0n) is 13.8. The van der Waals surface area contributed by atoms with Crippen LogP contribution in [-0.4, -0.2) is 14.6 Å². The Morgan fingerprint density at radius 2 is 1.65 bits per heavy atom. The summed E-state index contributed by atoms with van der Waals surface area (Å²) in [5.74, 6) is 0. The van der Waals surface area contributed by atoms with E-state index in [1.54, 1.807) is 11.3 Å². The molecule has 0 atom stereocenters. The van der Waals surface area contributed by atoms with Crippen molar-refractivity contribution in [2.45, 2.75) is 6.92 Å². The Balaban J connectivity index is 1.50. The SMILES string of the molecule is Cc1c(-c2csc(-c3ccc(-c4csnn4)cc3)n2)sc2ccccc12. The molecule has 0 saturated heterocycles. The monoisotopic (exact) mass is 391 g/mol. The fourth-order valence-electron chi connectivity index (χ4n) is 3.00. The summed E-state index contributed by atoms with van der Waals surface area (Å²) in [5.41, 5.74) is 5.51. The van der Waals surface area contributed by atoms with Crippen molar-refractivity contribution in [3.05, 3.63) is 64.9 Å². The van der Waals surface area contributed by atoms with Gasteiger partial charge in [-0.05, 0) is 35.5 Å². The van der Waals surface area contributed by atoms with E-state index in [4.69, 9.17) is 4.98 Å². The lowest BCUT2D eigenvalue weighted by molar-refractivity contribution is 1.16. The normalized spacial score (nSPS) is 11.3. The maximum atomic E-state index is 4.90. The summed E-state index contributed by atoms with van der Waals surface area (Å²) in [7, 11) is 0. The molecule has 0 bridgehead atoms. The van der Waals surface area contributed by atoms with Gasteiger partial charge in [0, 0.05) is 26.6 Å². The van der Waals surface area contributed by atoms with Crippen molar-refractivity contribution in [2.24, 2.45) is 0 Å². The molecule has 6 heteroatoms. The maximum absolute atomic E-state index is 4.90. The largest absolute Gasteiger partial charge is 0.235 e. The first-order valence-electron chi connectivity index (χ1n) is 8.11. The molecule has 0 aliphatic rings. The molecule has 0 fully saturated rings. The number of thiophene rings is 1. The summed E-state index contributed by atoms with van der Waals surface area (Å²) in [5, 5.41) is 10.6. The Kier molecular flexibility index (Phi) is 3.89. The van der Waals surface area contributed by atoms with Crippen molar-refractivity contribution >= 4 is 44.3 Å². The lowest BCUT2D eigenvalue weighted by Crippen LogP contribution is -1.81. The third-order valence-corrected chi connectivity index (χ3v) is 7.06. The molecular formula is C20H13N3S3. The van der Waals surface area contributed by atoms with Gasteiger partial charge in [-0.3, -0.25) is 0 Å². The lowest BCUT2D eigenvalue weighted by atomic mass is 10.1. The molecule has 0 aliphatic carbocycles. The van der Waals surface area contributed by atoms with Crippen molar-refractivity contribution in [3.63, 3.8) is 0 Å². The van der Waals surface area contributed by atoms with E-state index in [9.17, 15) is 0 Å². The van der Waals surface area contributed by atoms with Crippen LogP contribution in [0.2, 0.25) is 0 Å². The van der Waals surface area contributed by atoms with Crippen LogP contribution < -0.4 is 0 Å². The second kappa shape index (κ2) is 6.39.